The third-order valence-electron chi connectivity index (χ3n) is 5.50. The Kier molecular flexibility index (Phi) is 3.90. The predicted molar refractivity (Wildman–Crippen MR) is 95.9 cm³/mol. The van der Waals surface area contributed by atoms with E-state index in [1.54, 1.807) is 0 Å². The van der Waals surface area contributed by atoms with Gasteiger partial charge in [0.25, 0.3) is 5.91 Å². The fourth-order valence-electron chi connectivity index (χ4n) is 3.78. The van der Waals surface area contributed by atoms with Crippen molar-refractivity contribution in [3.63, 3.8) is 0 Å². The van der Waals surface area contributed by atoms with Crippen LogP contribution in [0.25, 0.3) is 0 Å². The maximum absolute atomic E-state index is 13.2. The molecule has 1 aromatic rings. The van der Waals surface area contributed by atoms with Crippen LogP contribution in [0.15, 0.2) is 12.1 Å². The number of benzene rings is 1. The van der Waals surface area contributed by atoms with Crippen molar-refractivity contribution in [3.05, 3.63) is 33.8 Å². The minimum Gasteiger partial charge on any atom is -0.335 e. The maximum atomic E-state index is 13.2. The predicted octanol–water partition coefficient (Wildman–Crippen LogP) is 2.93. The normalized spacial score (nSPS) is 29.0. The summed E-state index contributed by atoms with van der Waals surface area (Å²) in [7, 11) is 0. The number of fused-ring (bicyclic) bond motifs is 1. The van der Waals surface area contributed by atoms with Crippen LogP contribution in [-0.2, 0) is 17.5 Å². The number of amides is 5. The molecule has 11 heteroatoms. The van der Waals surface area contributed by atoms with Crippen molar-refractivity contribution in [2.75, 3.05) is 6.54 Å². The van der Waals surface area contributed by atoms with Gasteiger partial charge in [0.1, 0.15) is 5.54 Å². The van der Waals surface area contributed by atoms with Crippen LogP contribution in [0.5, 0.6) is 0 Å². The lowest BCUT2D eigenvalue weighted by atomic mass is 9.93. The van der Waals surface area contributed by atoms with E-state index in [0.717, 1.165) is 17.0 Å². The molecule has 2 atom stereocenters. The van der Waals surface area contributed by atoms with Crippen molar-refractivity contribution in [1.82, 2.24) is 20.9 Å². The van der Waals surface area contributed by atoms with E-state index in [2.05, 4.69) is 16.0 Å². The smallest absolute Gasteiger partial charge is 0.335 e. The van der Waals surface area contributed by atoms with Crippen molar-refractivity contribution in [2.24, 2.45) is 5.92 Å². The zero-order chi connectivity index (χ0) is 22.9. The van der Waals surface area contributed by atoms with Crippen LogP contribution >= 0.6 is 11.6 Å². The minimum atomic E-state index is -4.74. The van der Waals surface area contributed by atoms with E-state index in [1.165, 1.54) is 6.92 Å². The summed E-state index contributed by atoms with van der Waals surface area (Å²) in [6.45, 7) is -1.32. The fourth-order valence-corrected chi connectivity index (χ4v) is 4.05. The number of urea groups is 2. The molecule has 1 unspecified atom stereocenters. The second-order valence-electron chi connectivity index (χ2n) is 7.39. The molecule has 2 aliphatic heterocycles. The van der Waals surface area contributed by atoms with E-state index >= 15 is 0 Å². The Balaban J connectivity index is 1.60. The van der Waals surface area contributed by atoms with E-state index in [-0.39, 0.29) is 23.6 Å². The van der Waals surface area contributed by atoms with Gasteiger partial charge in [-0.2, -0.15) is 13.2 Å². The molecule has 0 aromatic heterocycles. The van der Waals surface area contributed by atoms with Crippen LogP contribution in [0, 0.1) is 5.92 Å². The van der Waals surface area contributed by atoms with Gasteiger partial charge in [-0.1, -0.05) is 11.6 Å². The van der Waals surface area contributed by atoms with Gasteiger partial charge in [0.15, 0.2) is 0 Å². The Bertz CT molecular complexity index is 1000. The van der Waals surface area contributed by atoms with Crippen LogP contribution in [-0.4, -0.2) is 35.0 Å². The molecule has 1 aromatic carbocycles. The van der Waals surface area contributed by atoms with Gasteiger partial charge >= 0.3 is 18.2 Å². The van der Waals surface area contributed by atoms with E-state index < -0.39 is 52.8 Å². The Morgan fingerprint density at radius 1 is 1.41 bits per heavy atom. The molecule has 1 saturated carbocycles. The van der Waals surface area contributed by atoms with Crippen molar-refractivity contribution in [2.45, 2.75) is 44.0 Å². The van der Waals surface area contributed by atoms with E-state index in [9.17, 15) is 27.6 Å². The summed E-state index contributed by atoms with van der Waals surface area (Å²) in [6.07, 6.45) is -3.39. The number of imide groups is 1. The number of hydrogen-bond donors (Lipinski definition) is 3. The molecule has 29 heavy (non-hydrogen) atoms. The first kappa shape index (κ1) is 17.4. The lowest BCUT2D eigenvalue weighted by Crippen LogP contribution is -2.58. The molecule has 4 rings (SSSR count). The first-order valence-corrected chi connectivity index (χ1v) is 9.28. The average Bonchev–Trinajstić information content (AvgIpc) is 3.41. The number of nitrogens with one attached hydrogen (secondary N) is 3. The molecule has 0 spiro atoms. The van der Waals surface area contributed by atoms with Gasteiger partial charge < -0.3 is 15.5 Å². The molecule has 3 aliphatic rings. The lowest BCUT2D eigenvalue weighted by molar-refractivity contribution is -0.137. The van der Waals surface area contributed by atoms with Crippen molar-refractivity contribution in [1.29, 1.82) is 0 Å². The summed E-state index contributed by atoms with van der Waals surface area (Å²) < 4.78 is 56.4. The molecule has 2 heterocycles. The van der Waals surface area contributed by atoms with Gasteiger partial charge in [-0.05, 0) is 48.9 Å². The van der Waals surface area contributed by atoms with Gasteiger partial charge in [0, 0.05) is 6.50 Å². The summed E-state index contributed by atoms with van der Waals surface area (Å²) in [6, 6.07) is -0.999. The van der Waals surface area contributed by atoms with Crippen LogP contribution in [0.2, 0.25) is 5.02 Å². The number of alkyl halides is 3. The molecule has 1 saturated heterocycles. The van der Waals surface area contributed by atoms with Crippen molar-refractivity contribution < 1.29 is 30.3 Å². The molecule has 0 radical (unpaired) electrons. The molecule has 2 fully saturated rings. The van der Waals surface area contributed by atoms with Gasteiger partial charge in [-0.15, -0.1) is 0 Å². The number of rotatable bonds is 3. The number of carbonyl (C=O) groups is 3. The summed E-state index contributed by atoms with van der Waals surface area (Å²) in [4.78, 5) is 37.6. The quantitative estimate of drug-likeness (QED) is 0.641. The largest absolute Gasteiger partial charge is 0.417 e. The topological polar surface area (TPSA) is 90.5 Å². The lowest BCUT2D eigenvalue weighted by Gasteiger charge is -2.29. The SMILES string of the molecule is [2H]C1([2H])c2cc(Cl)c(C(F)(F)F)cc2C(C)N1C(=O)NC[C@@]1(C2CC2)NC(=O)NC1=O. The highest BCUT2D eigenvalue weighted by molar-refractivity contribution is 6.31. The molecule has 156 valence electrons. The second kappa shape index (κ2) is 6.51. The number of nitrogens with zero attached hydrogens (tertiary/aromatic N) is 1. The van der Waals surface area contributed by atoms with Gasteiger partial charge in [0.05, 0.1) is 25.9 Å². The third-order valence-corrected chi connectivity index (χ3v) is 5.82. The molecule has 0 bridgehead atoms. The zero-order valence-corrected chi connectivity index (χ0v) is 15.9. The highest BCUT2D eigenvalue weighted by Gasteiger charge is 2.56. The third kappa shape index (κ3) is 3.29. The van der Waals surface area contributed by atoms with Gasteiger partial charge in [-0.3, -0.25) is 10.1 Å². The van der Waals surface area contributed by atoms with Crippen molar-refractivity contribution in [3.8, 4) is 0 Å². The summed E-state index contributed by atoms with van der Waals surface area (Å²) in [5, 5.41) is 6.49. The maximum Gasteiger partial charge on any atom is 0.417 e. The summed E-state index contributed by atoms with van der Waals surface area (Å²) in [5.41, 5.74) is -2.60. The first-order valence-electron chi connectivity index (χ1n) is 9.91. The molecular formula is C18H18ClF3N4O3. The first-order chi connectivity index (χ1) is 14.3. The van der Waals surface area contributed by atoms with E-state index in [0.29, 0.717) is 12.8 Å². The van der Waals surface area contributed by atoms with Crippen LogP contribution in [0.3, 0.4) is 0 Å². The Morgan fingerprint density at radius 3 is 2.66 bits per heavy atom. The number of carbonyl (C=O) groups excluding carboxylic acids is 3. The minimum absolute atomic E-state index is 0.0132. The Hall–Kier alpha value is -2.49. The van der Waals surface area contributed by atoms with Gasteiger partial charge in [0.2, 0.25) is 0 Å². The molecule has 7 nitrogen and oxygen atoms in total. The molecule has 5 amide bonds. The monoisotopic (exact) mass is 432 g/mol. The van der Waals surface area contributed by atoms with Crippen LogP contribution < -0.4 is 16.0 Å². The van der Waals surface area contributed by atoms with E-state index in [4.69, 9.17) is 14.3 Å². The Labute approximate surface area is 171 Å². The van der Waals surface area contributed by atoms with Crippen LogP contribution in [0.4, 0.5) is 22.8 Å². The molecule has 3 N–H and O–H groups in total. The van der Waals surface area contributed by atoms with E-state index in [1.807, 2.05) is 0 Å². The van der Waals surface area contributed by atoms with Gasteiger partial charge in [-0.25, -0.2) is 9.59 Å². The highest BCUT2D eigenvalue weighted by atomic mass is 35.5. The average molecular weight is 433 g/mol. The zero-order valence-electron chi connectivity index (χ0n) is 17.1. The molecule has 1 aliphatic carbocycles. The molecular weight excluding hydrogens is 413 g/mol. The summed E-state index contributed by atoms with van der Waals surface area (Å²) >= 11 is 5.74. The number of halogens is 4. The van der Waals surface area contributed by atoms with Crippen molar-refractivity contribution >= 4 is 29.6 Å². The second-order valence-corrected chi connectivity index (χ2v) is 7.79. The standard InChI is InChI=1S/C18H18ClF3N4O3/c1-8-11-5-12(18(20,21)22)13(19)4-9(11)6-26(8)16(29)23-7-17(10-2-3-10)14(27)24-15(28)25-17/h4-5,8,10H,2-3,6-7H2,1H3,(H,23,29)(H2,24,25,27,28)/t8?,17-/m0/s1/i6D2. The Morgan fingerprint density at radius 2 is 2.10 bits per heavy atom. The number of hydrogen-bond acceptors (Lipinski definition) is 3. The van der Waals surface area contributed by atoms with Crippen LogP contribution in [0.1, 0.15) is 45.2 Å². The fraction of sp³-hybridized carbons (Fsp3) is 0.500. The highest BCUT2D eigenvalue weighted by Crippen LogP contribution is 2.43. The summed E-state index contributed by atoms with van der Waals surface area (Å²) in [5.74, 6) is -0.750.